The van der Waals surface area contributed by atoms with Crippen LogP contribution in [0.2, 0.25) is 5.02 Å². The van der Waals surface area contributed by atoms with Crippen LogP contribution in [0.5, 0.6) is 0 Å². The van der Waals surface area contributed by atoms with E-state index in [0.29, 0.717) is 11.2 Å². The van der Waals surface area contributed by atoms with Gasteiger partial charge in [-0.1, -0.05) is 38.4 Å². The number of halogens is 1. The van der Waals surface area contributed by atoms with Gasteiger partial charge >= 0.3 is 0 Å². The van der Waals surface area contributed by atoms with E-state index in [2.05, 4.69) is 52.9 Å². The predicted molar refractivity (Wildman–Crippen MR) is 88.2 cm³/mol. The highest BCUT2D eigenvalue weighted by molar-refractivity contribution is 8.00. The number of rotatable bonds is 5. The van der Waals surface area contributed by atoms with Crippen molar-refractivity contribution in [2.75, 3.05) is 0 Å². The fourth-order valence-corrected chi connectivity index (χ4v) is 2.96. The van der Waals surface area contributed by atoms with E-state index in [1.54, 1.807) is 0 Å². The Hall–Kier alpha value is -0.180. The first kappa shape index (κ1) is 16.9. The van der Waals surface area contributed by atoms with Gasteiger partial charge in [0.1, 0.15) is 0 Å². The molecule has 108 valence electrons. The lowest BCUT2D eigenvalue weighted by Crippen LogP contribution is -2.35. The highest BCUT2D eigenvalue weighted by atomic mass is 35.5. The smallest absolute Gasteiger partial charge is 0.0462 e. The lowest BCUT2D eigenvalue weighted by atomic mass is 10.1. The number of hydrogen-bond acceptors (Lipinski definition) is 2. The van der Waals surface area contributed by atoms with Crippen molar-refractivity contribution in [1.29, 1.82) is 0 Å². The molecule has 1 aromatic carbocycles. The van der Waals surface area contributed by atoms with Crippen molar-refractivity contribution in [2.24, 2.45) is 5.92 Å². The lowest BCUT2D eigenvalue weighted by molar-refractivity contribution is 0.422. The molecule has 1 N–H and O–H groups in total. The predicted octanol–water partition coefficient (Wildman–Crippen LogP) is 5.36. The maximum absolute atomic E-state index is 6.37. The maximum Gasteiger partial charge on any atom is 0.0462 e. The summed E-state index contributed by atoms with van der Waals surface area (Å²) < 4.78 is 0. The Bertz CT molecular complexity index is 410. The number of thioether (sulfide) groups is 1. The van der Waals surface area contributed by atoms with Gasteiger partial charge < -0.3 is 5.32 Å². The summed E-state index contributed by atoms with van der Waals surface area (Å²) in [5, 5.41) is 4.97. The van der Waals surface area contributed by atoms with E-state index >= 15 is 0 Å². The van der Waals surface area contributed by atoms with Crippen LogP contribution >= 0.6 is 23.4 Å². The summed E-state index contributed by atoms with van der Waals surface area (Å²) in [5.41, 5.74) is 1.32. The molecule has 0 radical (unpaired) electrons. The molecular formula is C16H26ClNS. The molecule has 0 saturated carbocycles. The van der Waals surface area contributed by atoms with E-state index in [1.165, 1.54) is 10.5 Å². The van der Waals surface area contributed by atoms with Gasteiger partial charge in [-0.3, -0.25) is 0 Å². The largest absolute Gasteiger partial charge is 0.308 e. The van der Waals surface area contributed by atoms with Crippen LogP contribution in [-0.2, 0) is 6.54 Å². The third kappa shape index (κ3) is 5.76. The van der Waals surface area contributed by atoms with E-state index in [9.17, 15) is 0 Å². The molecule has 0 amide bonds. The Labute approximate surface area is 127 Å². The molecule has 0 aliphatic carbocycles. The summed E-state index contributed by atoms with van der Waals surface area (Å²) in [6.07, 6.45) is 0. The molecule has 0 fully saturated rings. The monoisotopic (exact) mass is 299 g/mol. The van der Waals surface area contributed by atoms with Crippen molar-refractivity contribution in [3.05, 3.63) is 28.8 Å². The van der Waals surface area contributed by atoms with Gasteiger partial charge in [-0.15, -0.1) is 11.8 Å². The van der Waals surface area contributed by atoms with Gasteiger partial charge in [-0.2, -0.15) is 0 Å². The van der Waals surface area contributed by atoms with Crippen LogP contribution in [0, 0.1) is 5.92 Å². The molecular weight excluding hydrogens is 274 g/mol. The van der Waals surface area contributed by atoms with Crippen LogP contribution in [0.1, 0.15) is 47.1 Å². The molecule has 1 rings (SSSR count). The highest BCUT2D eigenvalue weighted by Gasteiger charge is 2.16. The second kappa shape index (κ2) is 7.01. The summed E-state index contributed by atoms with van der Waals surface area (Å²) in [4.78, 5) is 1.30. The van der Waals surface area contributed by atoms with Gasteiger partial charge in [0.15, 0.2) is 0 Å². The fraction of sp³-hybridized carbons (Fsp3) is 0.625. The highest BCUT2D eigenvalue weighted by Crippen LogP contribution is 2.33. The quantitative estimate of drug-likeness (QED) is 0.734. The normalized spacial score (nSPS) is 13.9. The molecule has 3 heteroatoms. The Morgan fingerprint density at radius 1 is 1.21 bits per heavy atom. The molecule has 1 atom stereocenters. The molecule has 0 bridgehead atoms. The Morgan fingerprint density at radius 3 is 2.37 bits per heavy atom. The number of nitrogens with one attached hydrogen (secondary N) is 1. The first-order chi connectivity index (χ1) is 8.70. The molecule has 19 heavy (non-hydrogen) atoms. The van der Waals surface area contributed by atoms with Crippen molar-refractivity contribution in [3.8, 4) is 0 Å². The van der Waals surface area contributed by atoms with Crippen molar-refractivity contribution in [1.82, 2.24) is 5.32 Å². The van der Waals surface area contributed by atoms with Gasteiger partial charge in [0.2, 0.25) is 0 Å². The molecule has 0 heterocycles. The van der Waals surface area contributed by atoms with Crippen LogP contribution in [0.25, 0.3) is 0 Å². The lowest BCUT2D eigenvalue weighted by Gasteiger charge is -2.23. The average molecular weight is 300 g/mol. The van der Waals surface area contributed by atoms with Crippen molar-refractivity contribution < 1.29 is 0 Å². The Kier molecular flexibility index (Phi) is 6.22. The standard InChI is InChI=1S/C16H26ClNS/c1-11(2)12(3)19-15-9-7-8-14(17)13(15)10-18-16(4,5)6/h7-9,11-12,18H,10H2,1-6H3. The Balaban J connectivity index is 2.89. The van der Waals surface area contributed by atoms with Crippen molar-refractivity contribution in [3.63, 3.8) is 0 Å². The summed E-state index contributed by atoms with van der Waals surface area (Å²) in [6, 6.07) is 6.19. The number of hydrogen-bond donors (Lipinski definition) is 1. The fourth-order valence-electron chi connectivity index (χ4n) is 1.51. The molecule has 0 spiro atoms. The van der Waals surface area contributed by atoms with Gasteiger partial charge in [0.05, 0.1) is 0 Å². The first-order valence-corrected chi connectivity index (χ1v) is 8.15. The molecule has 1 unspecified atom stereocenters. The summed E-state index contributed by atoms with van der Waals surface area (Å²) >= 11 is 8.29. The molecule has 0 saturated heterocycles. The zero-order valence-electron chi connectivity index (χ0n) is 12.9. The third-order valence-corrected chi connectivity index (χ3v) is 5.03. The molecule has 0 aliphatic heterocycles. The van der Waals surface area contributed by atoms with E-state index < -0.39 is 0 Å². The zero-order valence-corrected chi connectivity index (χ0v) is 14.5. The topological polar surface area (TPSA) is 12.0 Å². The minimum Gasteiger partial charge on any atom is -0.308 e. The van der Waals surface area contributed by atoms with E-state index in [1.807, 2.05) is 23.9 Å². The van der Waals surface area contributed by atoms with Crippen LogP contribution < -0.4 is 5.32 Å². The first-order valence-electron chi connectivity index (χ1n) is 6.90. The van der Waals surface area contributed by atoms with Crippen LogP contribution in [0.4, 0.5) is 0 Å². The minimum atomic E-state index is 0.102. The van der Waals surface area contributed by atoms with Crippen molar-refractivity contribution in [2.45, 2.75) is 63.8 Å². The molecule has 1 aromatic rings. The van der Waals surface area contributed by atoms with Gasteiger partial charge in [0.25, 0.3) is 0 Å². The third-order valence-electron chi connectivity index (χ3n) is 3.12. The number of benzene rings is 1. The molecule has 1 nitrogen and oxygen atoms in total. The summed E-state index contributed by atoms with van der Waals surface area (Å²) in [5.74, 6) is 0.660. The van der Waals surface area contributed by atoms with Crippen LogP contribution in [0.3, 0.4) is 0 Å². The molecule has 0 aliphatic rings. The summed E-state index contributed by atoms with van der Waals surface area (Å²) in [6.45, 7) is 14.1. The Morgan fingerprint density at radius 2 is 1.84 bits per heavy atom. The van der Waals surface area contributed by atoms with Gasteiger partial charge in [-0.25, -0.2) is 0 Å². The zero-order chi connectivity index (χ0) is 14.6. The van der Waals surface area contributed by atoms with E-state index in [-0.39, 0.29) is 5.54 Å². The van der Waals surface area contributed by atoms with Gasteiger partial charge in [0, 0.05) is 27.3 Å². The van der Waals surface area contributed by atoms with Crippen molar-refractivity contribution >= 4 is 23.4 Å². The minimum absolute atomic E-state index is 0.102. The maximum atomic E-state index is 6.37. The SMILES string of the molecule is CC(C)C(C)Sc1cccc(Cl)c1CNC(C)(C)C. The second-order valence-electron chi connectivity index (χ2n) is 6.39. The van der Waals surface area contributed by atoms with E-state index in [4.69, 9.17) is 11.6 Å². The second-order valence-corrected chi connectivity index (χ2v) is 8.21. The average Bonchev–Trinajstić information content (AvgIpc) is 2.26. The van der Waals surface area contributed by atoms with Crippen LogP contribution in [-0.4, -0.2) is 10.8 Å². The molecule has 0 aromatic heterocycles. The van der Waals surface area contributed by atoms with Crippen LogP contribution in [0.15, 0.2) is 23.1 Å². The summed E-state index contributed by atoms with van der Waals surface area (Å²) in [7, 11) is 0. The van der Waals surface area contributed by atoms with Gasteiger partial charge in [-0.05, 0) is 44.4 Å². The van der Waals surface area contributed by atoms with E-state index in [0.717, 1.165) is 11.6 Å².